The summed E-state index contributed by atoms with van der Waals surface area (Å²) in [6.45, 7) is 7.15. The number of likely N-dealkylation sites (N-methyl/N-ethyl adjacent to an activating group) is 1. The van der Waals surface area contributed by atoms with Gasteiger partial charge in [-0.05, 0) is 56.5 Å². The highest BCUT2D eigenvalue weighted by atomic mass is 16.4. The predicted molar refractivity (Wildman–Crippen MR) is 77.7 cm³/mol. The number of aryl methyl sites for hydroxylation is 2. The number of furan rings is 1. The fourth-order valence-corrected chi connectivity index (χ4v) is 2.05. The first-order valence-electron chi connectivity index (χ1n) is 6.87. The van der Waals surface area contributed by atoms with E-state index in [2.05, 4.69) is 4.98 Å². The molecule has 106 valence electrons. The van der Waals surface area contributed by atoms with E-state index in [1.807, 2.05) is 39.0 Å². The molecule has 0 spiro atoms. The Kier molecular flexibility index (Phi) is 4.56. The molecule has 0 bridgehead atoms. The molecule has 0 aliphatic heterocycles. The fraction of sp³-hybridized carbons (Fsp3) is 0.375. The standard InChI is InChI=1S/C16H20N2O2/c1-4-18(10-7-14-5-8-17-9-6-14)16(19)15-11-12(2)13(3)20-15/h5-6,8-9,11H,4,7,10H2,1-3H3. The number of aromatic nitrogens is 1. The van der Waals surface area contributed by atoms with Gasteiger partial charge in [0.1, 0.15) is 5.76 Å². The third-order valence-corrected chi connectivity index (χ3v) is 3.47. The summed E-state index contributed by atoms with van der Waals surface area (Å²) in [4.78, 5) is 18.2. The Morgan fingerprint density at radius 2 is 2.00 bits per heavy atom. The zero-order chi connectivity index (χ0) is 14.5. The van der Waals surface area contributed by atoms with Crippen molar-refractivity contribution in [3.8, 4) is 0 Å². The normalized spacial score (nSPS) is 10.6. The second-order valence-electron chi connectivity index (χ2n) is 4.84. The highest BCUT2D eigenvalue weighted by Gasteiger charge is 2.18. The maximum Gasteiger partial charge on any atom is 0.289 e. The summed E-state index contributed by atoms with van der Waals surface area (Å²) in [6.07, 6.45) is 4.36. The van der Waals surface area contributed by atoms with Gasteiger partial charge in [-0.2, -0.15) is 0 Å². The number of hydrogen-bond acceptors (Lipinski definition) is 3. The SMILES string of the molecule is CCN(CCc1ccncc1)C(=O)c1cc(C)c(C)o1. The van der Waals surface area contributed by atoms with Crippen molar-refractivity contribution in [3.05, 3.63) is 53.2 Å². The molecule has 0 aromatic carbocycles. The molecule has 2 heterocycles. The lowest BCUT2D eigenvalue weighted by molar-refractivity contribution is 0.0733. The summed E-state index contributed by atoms with van der Waals surface area (Å²) in [6, 6.07) is 5.76. The van der Waals surface area contributed by atoms with Crippen molar-refractivity contribution in [3.63, 3.8) is 0 Å². The van der Waals surface area contributed by atoms with E-state index < -0.39 is 0 Å². The van der Waals surface area contributed by atoms with E-state index in [-0.39, 0.29) is 5.91 Å². The minimum absolute atomic E-state index is 0.0437. The van der Waals surface area contributed by atoms with Crippen LogP contribution in [0.1, 0.15) is 34.4 Å². The molecule has 4 heteroatoms. The molecule has 0 N–H and O–H groups in total. The van der Waals surface area contributed by atoms with Gasteiger partial charge < -0.3 is 9.32 Å². The van der Waals surface area contributed by atoms with Crippen molar-refractivity contribution in [2.45, 2.75) is 27.2 Å². The molecule has 0 atom stereocenters. The Hall–Kier alpha value is -2.10. The molecule has 0 radical (unpaired) electrons. The number of pyridine rings is 1. The third-order valence-electron chi connectivity index (χ3n) is 3.47. The molecule has 4 nitrogen and oxygen atoms in total. The van der Waals surface area contributed by atoms with Crippen LogP contribution in [-0.4, -0.2) is 28.9 Å². The number of amides is 1. The highest BCUT2D eigenvalue weighted by Crippen LogP contribution is 2.15. The monoisotopic (exact) mass is 272 g/mol. The summed E-state index contributed by atoms with van der Waals surface area (Å²) < 4.78 is 5.51. The van der Waals surface area contributed by atoms with E-state index in [9.17, 15) is 4.79 Å². The quantitative estimate of drug-likeness (QED) is 0.840. The maximum atomic E-state index is 12.4. The smallest absolute Gasteiger partial charge is 0.289 e. The Morgan fingerprint density at radius 3 is 2.55 bits per heavy atom. The van der Waals surface area contributed by atoms with Gasteiger partial charge in [-0.3, -0.25) is 9.78 Å². The summed E-state index contributed by atoms with van der Waals surface area (Å²) in [5.41, 5.74) is 2.19. The molecule has 0 saturated carbocycles. The van der Waals surface area contributed by atoms with Gasteiger partial charge in [-0.15, -0.1) is 0 Å². The number of carbonyl (C=O) groups excluding carboxylic acids is 1. The zero-order valence-corrected chi connectivity index (χ0v) is 12.2. The maximum absolute atomic E-state index is 12.4. The van der Waals surface area contributed by atoms with Crippen LogP contribution in [0.25, 0.3) is 0 Å². The fourth-order valence-electron chi connectivity index (χ4n) is 2.05. The second kappa shape index (κ2) is 6.37. The van der Waals surface area contributed by atoms with Gasteiger partial charge in [0.25, 0.3) is 5.91 Å². The van der Waals surface area contributed by atoms with Crippen molar-refractivity contribution in [1.82, 2.24) is 9.88 Å². The first-order valence-corrected chi connectivity index (χ1v) is 6.87. The summed E-state index contributed by atoms with van der Waals surface area (Å²) >= 11 is 0. The first kappa shape index (κ1) is 14.3. The molecule has 2 aromatic heterocycles. The molecule has 0 fully saturated rings. The van der Waals surface area contributed by atoms with Crippen molar-refractivity contribution < 1.29 is 9.21 Å². The molecule has 0 saturated heterocycles. The van der Waals surface area contributed by atoms with Crippen LogP contribution in [0.5, 0.6) is 0 Å². The van der Waals surface area contributed by atoms with Crippen LogP contribution in [0, 0.1) is 13.8 Å². The van der Waals surface area contributed by atoms with Crippen molar-refractivity contribution >= 4 is 5.91 Å². The Balaban J connectivity index is 2.02. The van der Waals surface area contributed by atoms with Gasteiger partial charge in [-0.1, -0.05) is 0 Å². The van der Waals surface area contributed by atoms with Gasteiger partial charge in [0.2, 0.25) is 0 Å². The summed E-state index contributed by atoms with van der Waals surface area (Å²) in [5.74, 6) is 1.19. The molecular weight excluding hydrogens is 252 g/mol. The van der Waals surface area contributed by atoms with Gasteiger partial charge in [-0.25, -0.2) is 0 Å². The molecule has 0 aliphatic carbocycles. The van der Waals surface area contributed by atoms with Gasteiger partial charge in [0, 0.05) is 25.5 Å². The van der Waals surface area contributed by atoms with Crippen molar-refractivity contribution in [2.75, 3.05) is 13.1 Å². The van der Waals surface area contributed by atoms with Gasteiger partial charge in [0.15, 0.2) is 5.76 Å². The van der Waals surface area contributed by atoms with Gasteiger partial charge >= 0.3 is 0 Å². The third kappa shape index (κ3) is 3.26. The Labute approximate surface area is 119 Å². The van der Waals surface area contributed by atoms with Crippen LogP contribution in [0.3, 0.4) is 0 Å². The van der Waals surface area contributed by atoms with Crippen LogP contribution in [0.2, 0.25) is 0 Å². The molecule has 1 amide bonds. The molecule has 2 rings (SSSR count). The van der Waals surface area contributed by atoms with E-state index >= 15 is 0 Å². The Morgan fingerprint density at radius 1 is 1.30 bits per heavy atom. The van der Waals surface area contributed by atoms with E-state index in [0.717, 1.165) is 17.7 Å². The highest BCUT2D eigenvalue weighted by molar-refractivity contribution is 5.91. The molecule has 0 unspecified atom stereocenters. The lowest BCUT2D eigenvalue weighted by Crippen LogP contribution is -2.32. The average molecular weight is 272 g/mol. The summed E-state index contributed by atoms with van der Waals surface area (Å²) in [5, 5.41) is 0. The molecule has 2 aromatic rings. The minimum atomic E-state index is -0.0437. The topological polar surface area (TPSA) is 46.3 Å². The van der Waals surface area contributed by atoms with Crippen LogP contribution in [-0.2, 0) is 6.42 Å². The number of hydrogen-bond donors (Lipinski definition) is 0. The van der Waals surface area contributed by atoms with Crippen LogP contribution >= 0.6 is 0 Å². The van der Waals surface area contributed by atoms with Crippen LogP contribution < -0.4 is 0 Å². The molecular formula is C16H20N2O2. The van der Waals surface area contributed by atoms with Gasteiger partial charge in [0.05, 0.1) is 0 Å². The number of carbonyl (C=O) groups is 1. The Bertz CT molecular complexity index is 556. The van der Waals surface area contributed by atoms with E-state index in [1.54, 1.807) is 17.3 Å². The predicted octanol–water partition coefficient (Wildman–Crippen LogP) is 3.00. The molecule has 0 aliphatic rings. The zero-order valence-electron chi connectivity index (χ0n) is 12.2. The van der Waals surface area contributed by atoms with Crippen LogP contribution in [0.15, 0.2) is 35.0 Å². The van der Waals surface area contributed by atoms with Crippen molar-refractivity contribution in [2.24, 2.45) is 0 Å². The van der Waals surface area contributed by atoms with E-state index in [4.69, 9.17) is 4.42 Å². The lowest BCUT2D eigenvalue weighted by atomic mass is 10.2. The molecule has 20 heavy (non-hydrogen) atoms. The summed E-state index contributed by atoms with van der Waals surface area (Å²) in [7, 11) is 0. The first-order chi connectivity index (χ1) is 9.61. The van der Waals surface area contributed by atoms with Crippen molar-refractivity contribution in [1.29, 1.82) is 0 Å². The largest absolute Gasteiger partial charge is 0.456 e. The number of nitrogens with zero attached hydrogens (tertiary/aromatic N) is 2. The average Bonchev–Trinajstić information content (AvgIpc) is 2.80. The number of rotatable bonds is 5. The lowest BCUT2D eigenvalue weighted by Gasteiger charge is -2.19. The van der Waals surface area contributed by atoms with E-state index in [1.165, 1.54) is 5.56 Å². The second-order valence-corrected chi connectivity index (χ2v) is 4.84. The van der Waals surface area contributed by atoms with E-state index in [0.29, 0.717) is 18.8 Å². The van der Waals surface area contributed by atoms with Crippen LogP contribution in [0.4, 0.5) is 0 Å². The minimum Gasteiger partial charge on any atom is -0.456 e.